The Bertz CT molecular complexity index is 1380. The van der Waals surface area contributed by atoms with Crippen molar-refractivity contribution >= 4 is 45.6 Å². The molecule has 3 N–H and O–H groups in total. The molecule has 0 unspecified atom stereocenters. The molecule has 4 heterocycles. The summed E-state index contributed by atoms with van der Waals surface area (Å²) in [5, 5.41) is 7.60. The zero-order valence-corrected chi connectivity index (χ0v) is 19.2. The van der Waals surface area contributed by atoms with Crippen molar-refractivity contribution in [2.75, 3.05) is 23.3 Å². The molecule has 0 bridgehead atoms. The summed E-state index contributed by atoms with van der Waals surface area (Å²) in [6, 6.07) is 10.9. The minimum absolute atomic E-state index is 0.312. The second kappa shape index (κ2) is 8.32. The Balaban J connectivity index is 1.59. The van der Waals surface area contributed by atoms with E-state index in [9.17, 15) is 9.59 Å². The topological polar surface area (TPSA) is 114 Å². The Morgan fingerprint density at radius 1 is 1.12 bits per heavy atom. The van der Waals surface area contributed by atoms with E-state index in [1.54, 1.807) is 36.5 Å². The maximum absolute atomic E-state index is 13.6. The molecule has 0 aliphatic carbocycles. The molecule has 0 radical (unpaired) electrons. The van der Waals surface area contributed by atoms with Gasteiger partial charge in [0.1, 0.15) is 0 Å². The van der Waals surface area contributed by atoms with Gasteiger partial charge in [0.05, 0.1) is 38.6 Å². The van der Waals surface area contributed by atoms with Gasteiger partial charge >= 0.3 is 0 Å². The van der Waals surface area contributed by atoms with Gasteiger partial charge in [0.15, 0.2) is 0 Å². The maximum Gasteiger partial charge on any atom is 0.259 e. The van der Waals surface area contributed by atoms with E-state index in [2.05, 4.69) is 20.4 Å². The van der Waals surface area contributed by atoms with E-state index < -0.39 is 5.91 Å². The number of primary amides is 1. The summed E-state index contributed by atoms with van der Waals surface area (Å²) in [6.45, 7) is 5.59. The van der Waals surface area contributed by atoms with Crippen LogP contribution in [0.2, 0.25) is 0 Å². The molecule has 8 nitrogen and oxygen atoms in total. The molecule has 1 aromatic carbocycles. The van der Waals surface area contributed by atoms with Crippen LogP contribution in [0.4, 0.5) is 11.4 Å². The molecule has 1 fully saturated rings. The van der Waals surface area contributed by atoms with E-state index in [0.29, 0.717) is 39.3 Å². The maximum atomic E-state index is 13.6. The minimum Gasteiger partial charge on any atom is -0.370 e. The predicted octanol–water partition coefficient (Wildman–Crippen LogP) is 4.52. The summed E-state index contributed by atoms with van der Waals surface area (Å²) in [6.07, 6.45) is 2.17. The average molecular weight is 462 g/mol. The van der Waals surface area contributed by atoms with Gasteiger partial charge in [-0.3, -0.25) is 9.59 Å². The highest BCUT2D eigenvalue weighted by molar-refractivity contribution is 7.15. The smallest absolute Gasteiger partial charge is 0.259 e. The van der Waals surface area contributed by atoms with Crippen LogP contribution in [0.15, 0.2) is 40.9 Å². The number of carbonyl (C=O) groups is 2. The molecular formula is C24H23N5O3S. The number of hydrogen-bond donors (Lipinski definition) is 2. The number of rotatable bonds is 5. The van der Waals surface area contributed by atoms with Crippen molar-refractivity contribution in [3.63, 3.8) is 0 Å². The van der Waals surface area contributed by atoms with Crippen LogP contribution in [0.25, 0.3) is 21.7 Å². The summed E-state index contributed by atoms with van der Waals surface area (Å²) in [5.41, 5.74) is 9.21. The molecule has 2 amide bonds. The summed E-state index contributed by atoms with van der Waals surface area (Å²) in [7, 11) is 0. The van der Waals surface area contributed by atoms with Gasteiger partial charge in [-0.25, -0.2) is 4.98 Å². The molecule has 1 aliphatic rings. The first-order chi connectivity index (χ1) is 15.9. The third-order valence-corrected chi connectivity index (χ3v) is 6.85. The fraction of sp³-hybridized carbons (Fsp3) is 0.250. The second-order valence-corrected chi connectivity index (χ2v) is 9.45. The van der Waals surface area contributed by atoms with Crippen LogP contribution < -0.4 is 16.0 Å². The second-order valence-electron chi connectivity index (χ2n) is 8.16. The fourth-order valence-corrected chi connectivity index (χ4v) is 5.01. The quantitative estimate of drug-likeness (QED) is 0.452. The third-order valence-electron chi connectivity index (χ3n) is 5.83. The Morgan fingerprint density at radius 2 is 1.91 bits per heavy atom. The number of nitrogens with two attached hydrogens (primary N) is 1. The number of benzene rings is 1. The normalized spacial score (nSPS) is 13.6. The van der Waals surface area contributed by atoms with E-state index >= 15 is 0 Å². The number of thiophene rings is 1. The monoisotopic (exact) mass is 461 g/mol. The van der Waals surface area contributed by atoms with Gasteiger partial charge in [0.25, 0.3) is 11.6 Å². The van der Waals surface area contributed by atoms with Crippen molar-refractivity contribution < 1.29 is 14.1 Å². The lowest BCUT2D eigenvalue weighted by molar-refractivity contribution is 0.0996. The van der Waals surface area contributed by atoms with Crippen LogP contribution in [-0.4, -0.2) is 35.0 Å². The van der Waals surface area contributed by atoms with Gasteiger partial charge in [0, 0.05) is 23.5 Å². The summed E-state index contributed by atoms with van der Waals surface area (Å²) in [5.74, 6) is -0.875. The number of nitrogens with one attached hydrogen (secondary N) is 1. The van der Waals surface area contributed by atoms with Crippen LogP contribution in [0.5, 0.6) is 0 Å². The lowest BCUT2D eigenvalue weighted by Crippen LogP contribution is -2.22. The average Bonchev–Trinajstić information content (AvgIpc) is 3.55. The zero-order valence-electron chi connectivity index (χ0n) is 18.3. The van der Waals surface area contributed by atoms with E-state index in [-0.39, 0.29) is 5.91 Å². The first-order valence-electron chi connectivity index (χ1n) is 10.7. The molecular weight excluding hydrogens is 438 g/mol. The van der Waals surface area contributed by atoms with Crippen molar-refractivity contribution in [1.29, 1.82) is 0 Å². The minimum atomic E-state index is -0.546. The number of nitrogens with zero attached hydrogens (tertiary/aromatic N) is 3. The van der Waals surface area contributed by atoms with Crippen molar-refractivity contribution in [1.82, 2.24) is 10.1 Å². The van der Waals surface area contributed by atoms with E-state index in [4.69, 9.17) is 10.3 Å². The Labute approximate surface area is 194 Å². The fourth-order valence-electron chi connectivity index (χ4n) is 4.19. The number of fused-ring (bicyclic) bond motifs is 1. The first-order valence-corrected chi connectivity index (χ1v) is 11.6. The number of aryl methyl sites for hydroxylation is 2. The van der Waals surface area contributed by atoms with Gasteiger partial charge in [-0.15, -0.1) is 11.3 Å². The lowest BCUT2D eigenvalue weighted by atomic mass is 10.1. The van der Waals surface area contributed by atoms with E-state index in [1.165, 1.54) is 0 Å². The van der Waals surface area contributed by atoms with Crippen LogP contribution in [-0.2, 0) is 0 Å². The highest BCUT2D eigenvalue weighted by Crippen LogP contribution is 2.33. The number of aromatic nitrogens is 2. The Kier molecular flexibility index (Phi) is 5.33. The Morgan fingerprint density at radius 3 is 2.61 bits per heavy atom. The predicted molar refractivity (Wildman–Crippen MR) is 129 cm³/mol. The molecule has 3 aromatic heterocycles. The first kappa shape index (κ1) is 21.1. The molecule has 9 heteroatoms. The molecule has 1 aliphatic heterocycles. The zero-order chi connectivity index (χ0) is 23.1. The van der Waals surface area contributed by atoms with Crippen LogP contribution >= 0.6 is 11.3 Å². The van der Waals surface area contributed by atoms with Gasteiger partial charge < -0.3 is 20.5 Å². The number of carbonyl (C=O) groups excluding carboxylic acids is 2. The molecule has 1 saturated heterocycles. The van der Waals surface area contributed by atoms with Crippen molar-refractivity contribution in [2.24, 2.45) is 5.73 Å². The van der Waals surface area contributed by atoms with E-state index in [0.717, 1.165) is 41.4 Å². The lowest BCUT2D eigenvalue weighted by Gasteiger charge is -2.22. The summed E-state index contributed by atoms with van der Waals surface area (Å²) in [4.78, 5) is 34.2. The number of hydrogen-bond acceptors (Lipinski definition) is 7. The van der Waals surface area contributed by atoms with Crippen LogP contribution in [0.1, 0.15) is 44.1 Å². The van der Waals surface area contributed by atoms with Crippen molar-refractivity contribution in [2.45, 2.75) is 26.7 Å². The van der Waals surface area contributed by atoms with Crippen molar-refractivity contribution in [3.8, 4) is 10.6 Å². The van der Waals surface area contributed by atoms with Gasteiger partial charge in [-0.2, -0.15) is 0 Å². The Hall–Kier alpha value is -3.72. The van der Waals surface area contributed by atoms with E-state index in [1.807, 2.05) is 25.1 Å². The highest BCUT2D eigenvalue weighted by Gasteiger charge is 2.23. The largest absolute Gasteiger partial charge is 0.370 e. The standard InChI is InChI=1S/C24H23N5O3S/c1-13-5-8-20(33-13)18-12-16(21-14(2)28-32-24(21)27-18)23(31)26-17-11-15(22(25)30)6-7-19(17)29-9-3-4-10-29/h5-8,11-12H,3-4,9-10H2,1-2H3,(H2,25,30)(H,26,31). The van der Waals surface area contributed by atoms with Crippen LogP contribution in [0.3, 0.4) is 0 Å². The number of pyridine rings is 1. The van der Waals surface area contributed by atoms with Crippen molar-refractivity contribution in [3.05, 3.63) is 58.1 Å². The van der Waals surface area contributed by atoms with Gasteiger partial charge in [-0.1, -0.05) is 5.16 Å². The van der Waals surface area contributed by atoms with Gasteiger partial charge in [0.2, 0.25) is 5.91 Å². The summed E-state index contributed by atoms with van der Waals surface area (Å²) < 4.78 is 5.41. The van der Waals surface area contributed by atoms with Gasteiger partial charge in [-0.05, 0) is 63.1 Å². The third kappa shape index (κ3) is 3.95. The number of amides is 2. The molecule has 4 aromatic rings. The molecule has 33 heavy (non-hydrogen) atoms. The number of anilines is 2. The SMILES string of the molecule is Cc1ccc(-c2cc(C(=O)Nc3cc(C(N)=O)ccc3N3CCCC3)c3c(C)noc3n2)s1. The summed E-state index contributed by atoms with van der Waals surface area (Å²) >= 11 is 1.59. The molecule has 168 valence electrons. The van der Waals surface area contributed by atoms with Crippen LogP contribution in [0, 0.1) is 13.8 Å². The highest BCUT2D eigenvalue weighted by atomic mass is 32.1. The molecule has 0 spiro atoms. The molecule has 0 saturated carbocycles. The molecule has 0 atom stereocenters. The molecule has 5 rings (SSSR count).